The summed E-state index contributed by atoms with van der Waals surface area (Å²) in [7, 11) is -4.64. The molecule has 6 nitrogen and oxygen atoms in total. The quantitative estimate of drug-likeness (QED) is 0.177. The predicted molar refractivity (Wildman–Crippen MR) is 101 cm³/mol. The molecule has 0 saturated heterocycles. The third-order valence-electron chi connectivity index (χ3n) is 3.65. The Morgan fingerprint density at radius 1 is 0.760 bits per heavy atom. The summed E-state index contributed by atoms with van der Waals surface area (Å²) >= 11 is 0. The van der Waals surface area contributed by atoms with E-state index in [4.69, 9.17) is 24.4 Å². The molecule has 0 heterocycles. The maximum absolute atomic E-state index is 10.3. The Labute approximate surface area is 152 Å². The lowest BCUT2D eigenvalue weighted by molar-refractivity contribution is -0.137. The van der Waals surface area contributed by atoms with Gasteiger partial charge in [0.2, 0.25) is 0 Å². The second-order valence-corrected chi connectivity index (χ2v) is 7.27. The van der Waals surface area contributed by atoms with Gasteiger partial charge in [-0.3, -0.25) is 4.79 Å². The Hall–Kier alpha value is -0.680. The van der Waals surface area contributed by atoms with E-state index in [0.717, 1.165) is 12.8 Å². The number of carboxylic acid groups (broad SMARTS) is 1. The molecule has 7 heteroatoms. The lowest BCUT2D eigenvalue weighted by Gasteiger charge is -1.99. The van der Waals surface area contributed by atoms with Gasteiger partial charge < -0.3 is 19.8 Å². The number of carboxylic acids is 1. The van der Waals surface area contributed by atoms with Crippen LogP contribution >= 0.6 is 7.82 Å². The van der Waals surface area contributed by atoms with E-state index in [1.54, 1.807) is 0 Å². The minimum atomic E-state index is -4.64. The van der Waals surface area contributed by atoms with Gasteiger partial charge in [0.05, 0.1) is 0 Å². The molecule has 0 aromatic heterocycles. The van der Waals surface area contributed by atoms with Crippen LogP contribution in [-0.2, 0) is 9.36 Å². The molecule has 0 aromatic rings. The monoisotopic (exact) mass is 380 g/mol. The van der Waals surface area contributed by atoms with Crippen molar-refractivity contribution in [3.8, 4) is 0 Å². The van der Waals surface area contributed by atoms with E-state index in [1.165, 1.54) is 70.6 Å². The van der Waals surface area contributed by atoms with Gasteiger partial charge in [-0.15, -0.1) is 0 Å². The van der Waals surface area contributed by atoms with Crippen LogP contribution in [-0.4, -0.2) is 25.8 Å². The molecule has 0 aliphatic heterocycles. The summed E-state index contributed by atoms with van der Waals surface area (Å²) in [6.07, 6.45) is 21.2. The molecule has 150 valence electrons. The first-order chi connectivity index (χ1) is 11.8. The average Bonchev–Trinajstić information content (AvgIpc) is 2.49. The van der Waals surface area contributed by atoms with Gasteiger partial charge >= 0.3 is 13.8 Å². The largest absolute Gasteiger partial charge is 0.481 e. The van der Waals surface area contributed by atoms with Crippen LogP contribution in [0.2, 0.25) is 0 Å². The van der Waals surface area contributed by atoms with Gasteiger partial charge in [0.25, 0.3) is 0 Å². The Balaban J connectivity index is 0. The fourth-order valence-corrected chi connectivity index (χ4v) is 2.35. The molecular weight excluding hydrogens is 343 g/mol. The molecule has 0 radical (unpaired) electrons. The second-order valence-electron chi connectivity index (χ2n) is 6.24. The zero-order valence-electron chi connectivity index (χ0n) is 15.6. The second kappa shape index (κ2) is 19.6. The Bertz CT molecular complexity index is 356. The first kappa shape index (κ1) is 26.5. The van der Waals surface area contributed by atoms with Crippen LogP contribution in [0.25, 0.3) is 0 Å². The molecular formula is C18H37O6P. The molecule has 0 unspecified atom stereocenters. The third-order valence-corrected chi connectivity index (χ3v) is 3.65. The molecule has 0 fully saturated rings. The molecule has 0 aliphatic carbocycles. The highest BCUT2D eigenvalue weighted by atomic mass is 31.2. The molecule has 0 rings (SSSR count). The maximum atomic E-state index is 10.3. The van der Waals surface area contributed by atoms with E-state index >= 15 is 0 Å². The van der Waals surface area contributed by atoms with Crippen LogP contribution < -0.4 is 0 Å². The molecule has 25 heavy (non-hydrogen) atoms. The summed E-state index contributed by atoms with van der Waals surface area (Å²) in [5.74, 6) is -0.664. The number of hydrogen-bond acceptors (Lipinski definition) is 2. The molecule has 0 spiro atoms. The van der Waals surface area contributed by atoms with E-state index in [9.17, 15) is 4.79 Å². The smallest absolute Gasteiger partial charge is 0.466 e. The van der Waals surface area contributed by atoms with Crippen molar-refractivity contribution in [1.82, 2.24) is 0 Å². The van der Waals surface area contributed by atoms with Gasteiger partial charge in [-0.05, 0) is 32.1 Å². The number of hydrogen-bond donors (Lipinski definition) is 4. The number of rotatable bonds is 15. The number of aliphatic carboxylic acids is 1. The molecule has 0 bridgehead atoms. The minimum Gasteiger partial charge on any atom is -0.481 e. The van der Waals surface area contributed by atoms with Gasteiger partial charge in [-0.2, -0.15) is 0 Å². The lowest BCUT2D eigenvalue weighted by atomic mass is 10.1. The summed E-state index contributed by atoms with van der Waals surface area (Å²) in [4.78, 5) is 31.9. The van der Waals surface area contributed by atoms with Crippen LogP contribution in [0.1, 0.15) is 96.8 Å². The normalized spacial score (nSPS) is 11.4. The molecule has 0 saturated carbocycles. The molecule has 0 atom stereocenters. The van der Waals surface area contributed by atoms with Crippen LogP contribution in [0.15, 0.2) is 12.2 Å². The van der Waals surface area contributed by atoms with E-state index < -0.39 is 13.8 Å². The van der Waals surface area contributed by atoms with E-state index in [1.807, 2.05) is 0 Å². The molecule has 4 N–H and O–H groups in total. The van der Waals surface area contributed by atoms with Gasteiger partial charge in [-0.25, -0.2) is 4.57 Å². The summed E-state index contributed by atoms with van der Waals surface area (Å²) in [5, 5.41) is 8.51. The first-order valence-corrected chi connectivity index (χ1v) is 11.0. The van der Waals surface area contributed by atoms with Crippen LogP contribution in [0.5, 0.6) is 0 Å². The van der Waals surface area contributed by atoms with Gasteiger partial charge in [0.1, 0.15) is 0 Å². The Kier molecular flexibility index (Phi) is 20.9. The van der Waals surface area contributed by atoms with E-state index in [-0.39, 0.29) is 0 Å². The fraction of sp³-hybridized carbons (Fsp3) is 0.833. The van der Waals surface area contributed by atoms with E-state index in [2.05, 4.69) is 19.1 Å². The van der Waals surface area contributed by atoms with Crippen LogP contribution in [0.3, 0.4) is 0 Å². The zero-order chi connectivity index (χ0) is 19.4. The van der Waals surface area contributed by atoms with Crippen molar-refractivity contribution < 1.29 is 29.1 Å². The summed E-state index contributed by atoms with van der Waals surface area (Å²) in [5.41, 5.74) is 0. The van der Waals surface area contributed by atoms with Crippen molar-refractivity contribution in [3.63, 3.8) is 0 Å². The topological polar surface area (TPSA) is 115 Å². The summed E-state index contributed by atoms with van der Waals surface area (Å²) in [6, 6.07) is 0. The highest BCUT2D eigenvalue weighted by Crippen LogP contribution is 2.25. The van der Waals surface area contributed by atoms with Crippen molar-refractivity contribution in [3.05, 3.63) is 12.2 Å². The van der Waals surface area contributed by atoms with Crippen molar-refractivity contribution in [2.45, 2.75) is 96.8 Å². The van der Waals surface area contributed by atoms with Crippen molar-refractivity contribution in [1.29, 1.82) is 0 Å². The Morgan fingerprint density at radius 2 is 1.12 bits per heavy atom. The molecule has 0 aromatic carbocycles. The first-order valence-electron chi connectivity index (χ1n) is 9.42. The van der Waals surface area contributed by atoms with Gasteiger partial charge in [0.15, 0.2) is 0 Å². The average molecular weight is 380 g/mol. The lowest BCUT2D eigenvalue weighted by Crippen LogP contribution is -1.93. The SMILES string of the molecule is CCCCCCCC/C=C\CCCCCCCC(=O)O.O=P(O)(O)O. The Morgan fingerprint density at radius 3 is 1.52 bits per heavy atom. The number of unbranched alkanes of at least 4 members (excludes halogenated alkanes) is 11. The van der Waals surface area contributed by atoms with Crippen LogP contribution in [0.4, 0.5) is 0 Å². The number of phosphoric acid groups is 1. The third kappa shape index (κ3) is 39.8. The number of allylic oxidation sites excluding steroid dienone is 2. The highest BCUT2D eigenvalue weighted by molar-refractivity contribution is 7.45. The maximum Gasteiger partial charge on any atom is 0.466 e. The van der Waals surface area contributed by atoms with Crippen molar-refractivity contribution >= 4 is 13.8 Å². The number of carbonyl (C=O) groups is 1. The van der Waals surface area contributed by atoms with Gasteiger partial charge in [-0.1, -0.05) is 70.4 Å². The van der Waals surface area contributed by atoms with Crippen molar-refractivity contribution in [2.75, 3.05) is 0 Å². The molecule has 0 amide bonds. The highest BCUT2D eigenvalue weighted by Gasteiger charge is 2.00. The minimum absolute atomic E-state index is 0.332. The molecule has 0 aliphatic rings. The van der Waals surface area contributed by atoms with Crippen molar-refractivity contribution in [2.24, 2.45) is 0 Å². The fourth-order valence-electron chi connectivity index (χ4n) is 2.35. The zero-order valence-corrected chi connectivity index (χ0v) is 16.5. The van der Waals surface area contributed by atoms with E-state index in [0.29, 0.717) is 6.42 Å². The predicted octanol–water partition coefficient (Wildman–Crippen LogP) is 5.18. The van der Waals surface area contributed by atoms with Crippen LogP contribution in [0, 0.1) is 0 Å². The van der Waals surface area contributed by atoms with Gasteiger partial charge in [0, 0.05) is 6.42 Å². The summed E-state index contributed by atoms with van der Waals surface area (Å²) < 4.78 is 8.88. The summed E-state index contributed by atoms with van der Waals surface area (Å²) in [6.45, 7) is 2.26. The standard InChI is InChI=1S/C18H34O2.H3O4P/c1-2-3-4-5-6-7-8-9-10-11-12-13-14-15-16-17-18(19)20;1-5(2,3)4/h9-10H,2-8,11-17H2,1H3,(H,19,20);(H3,1,2,3,4)/b10-9-;.